The highest BCUT2D eigenvalue weighted by Crippen LogP contribution is 2.33. The van der Waals surface area contributed by atoms with Crippen LogP contribution < -0.4 is 0 Å². The molecule has 1 aliphatic carbocycles. The van der Waals surface area contributed by atoms with Gasteiger partial charge >= 0.3 is 5.97 Å². The summed E-state index contributed by atoms with van der Waals surface area (Å²) in [5, 5.41) is 10.7. The monoisotopic (exact) mass is 285 g/mol. The molecule has 1 fully saturated rings. The van der Waals surface area contributed by atoms with Crippen LogP contribution in [0, 0.1) is 11.8 Å². The van der Waals surface area contributed by atoms with Crippen molar-refractivity contribution >= 4 is 5.97 Å². The van der Waals surface area contributed by atoms with E-state index in [4.69, 9.17) is 4.74 Å². The number of rotatable bonds is 6. The fraction of sp³-hybridized carbons (Fsp3) is 0.938. The fourth-order valence-corrected chi connectivity index (χ4v) is 2.93. The lowest BCUT2D eigenvalue weighted by molar-refractivity contribution is -0.151. The smallest absolute Gasteiger partial charge is 0.308 e. The summed E-state index contributed by atoms with van der Waals surface area (Å²) in [5.74, 6) is 0.445. The minimum atomic E-state index is -0.652. The highest BCUT2D eigenvalue weighted by atomic mass is 16.5. The highest BCUT2D eigenvalue weighted by molar-refractivity contribution is 5.72. The van der Waals surface area contributed by atoms with Crippen LogP contribution in [0.3, 0.4) is 0 Å². The molecule has 0 aliphatic heterocycles. The Bertz CT molecular complexity index is 309. The van der Waals surface area contributed by atoms with Crippen LogP contribution in [-0.2, 0) is 9.53 Å². The van der Waals surface area contributed by atoms with Crippen molar-refractivity contribution in [3.63, 3.8) is 0 Å². The summed E-state index contributed by atoms with van der Waals surface area (Å²) in [6, 6.07) is 0.446. The topological polar surface area (TPSA) is 49.8 Å². The SMILES string of the molecule is CCOC(=O)C1CCC(O)(CN(C)C(C)C(C)C)CC1. The minimum absolute atomic E-state index is 0.0250. The first-order chi connectivity index (χ1) is 9.29. The van der Waals surface area contributed by atoms with Crippen LogP contribution in [0.5, 0.6) is 0 Å². The molecule has 1 rings (SSSR count). The summed E-state index contributed by atoms with van der Waals surface area (Å²) in [7, 11) is 2.07. The van der Waals surface area contributed by atoms with Crippen LogP contribution in [0.2, 0.25) is 0 Å². The van der Waals surface area contributed by atoms with E-state index in [2.05, 4.69) is 32.7 Å². The average molecular weight is 285 g/mol. The van der Waals surface area contributed by atoms with Crippen molar-refractivity contribution < 1.29 is 14.6 Å². The highest BCUT2D eigenvalue weighted by Gasteiger charge is 2.37. The van der Waals surface area contributed by atoms with Gasteiger partial charge in [0, 0.05) is 12.6 Å². The number of esters is 1. The van der Waals surface area contributed by atoms with Gasteiger partial charge in [-0.15, -0.1) is 0 Å². The molecule has 0 spiro atoms. The summed E-state index contributed by atoms with van der Waals surface area (Å²) in [4.78, 5) is 13.9. The second kappa shape index (κ2) is 7.41. The number of aliphatic hydroxyl groups is 1. The molecule has 0 amide bonds. The Morgan fingerprint density at radius 3 is 2.35 bits per heavy atom. The fourth-order valence-electron chi connectivity index (χ4n) is 2.93. The summed E-state index contributed by atoms with van der Waals surface area (Å²) < 4.78 is 5.07. The summed E-state index contributed by atoms with van der Waals surface area (Å²) in [6.45, 7) is 9.54. The van der Waals surface area contributed by atoms with Crippen LogP contribution in [0.4, 0.5) is 0 Å². The largest absolute Gasteiger partial charge is 0.466 e. The van der Waals surface area contributed by atoms with Gasteiger partial charge in [0.15, 0.2) is 0 Å². The van der Waals surface area contributed by atoms with E-state index in [9.17, 15) is 9.90 Å². The third-order valence-corrected chi connectivity index (χ3v) is 4.74. The van der Waals surface area contributed by atoms with E-state index < -0.39 is 5.60 Å². The lowest BCUT2D eigenvalue weighted by Gasteiger charge is -2.40. The van der Waals surface area contributed by atoms with E-state index >= 15 is 0 Å². The van der Waals surface area contributed by atoms with Gasteiger partial charge in [-0.25, -0.2) is 0 Å². The second-order valence-electron chi connectivity index (χ2n) is 6.65. The normalized spacial score (nSPS) is 28.7. The van der Waals surface area contributed by atoms with Gasteiger partial charge in [-0.1, -0.05) is 13.8 Å². The zero-order valence-corrected chi connectivity index (χ0v) is 13.7. The van der Waals surface area contributed by atoms with Gasteiger partial charge < -0.3 is 14.7 Å². The molecule has 20 heavy (non-hydrogen) atoms. The van der Waals surface area contributed by atoms with Crippen molar-refractivity contribution in [3.8, 4) is 0 Å². The van der Waals surface area contributed by atoms with E-state index in [0.29, 0.717) is 38.0 Å². The number of hydrogen-bond acceptors (Lipinski definition) is 4. The molecule has 0 heterocycles. The maximum Gasteiger partial charge on any atom is 0.308 e. The molecule has 118 valence electrons. The average Bonchev–Trinajstić information content (AvgIpc) is 2.38. The van der Waals surface area contributed by atoms with Crippen molar-refractivity contribution in [3.05, 3.63) is 0 Å². The standard InChI is InChI=1S/C16H31NO3/c1-6-20-15(18)14-7-9-16(19,10-8-14)11-17(5)13(4)12(2)3/h12-14,19H,6-11H2,1-5H3. The van der Waals surface area contributed by atoms with E-state index in [-0.39, 0.29) is 11.9 Å². The van der Waals surface area contributed by atoms with E-state index in [1.807, 2.05) is 6.92 Å². The van der Waals surface area contributed by atoms with Crippen molar-refractivity contribution in [2.24, 2.45) is 11.8 Å². The van der Waals surface area contributed by atoms with Crippen LogP contribution in [0.1, 0.15) is 53.4 Å². The Balaban J connectivity index is 2.47. The molecule has 0 radical (unpaired) electrons. The molecule has 1 unspecified atom stereocenters. The molecular weight excluding hydrogens is 254 g/mol. The van der Waals surface area contributed by atoms with Gasteiger partial charge in [-0.2, -0.15) is 0 Å². The van der Waals surface area contributed by atoms with Crippen LogP contribution in [0.25, 0.3) is 0 Å². The summed E-state index contributed by atoms with van der Waals surface area (Å²) >= 11 is 0. The maximum atomic E-state index is 11.7. The van der Waals surface area contributed by atoms with Gasteiger partial charge in [0.05, 0.1) is 18.1 Å². The van der Waals surface area contributed by atoms with Crippen LogP contribution in [-0.4, -0.2) is 47.8 Å². The zero-order chi connectivity index (χ0) is 15.3. The number of carbonyl (C=O) groups excluding carboxylic acids is 1. The van der Waals surface area contributed by atoms with E-state index in [0.717, 1.165) is 12.8 Å². The molecular formula is C16H31NO3. The second-order valence-corrected chi connectivity index (χ2v) is 6.65. The predicted molar refractivity (Wildman–Crippen MR) is 80.5 cm³/mol. The Morgan fingerprint density at radius 1 is 1.35 bits per heavy atom. The maximum absolute atomic E-state index is 11.7. The third kappa shape index (κ3) is 4.74. The van der Waals surface area contributed by atoms with Crippen LogP contribution in [0.15, 0.2) is 0 Å². The first-order valence-electron chi connectivity index (χ1n) is 7.88. The Labute approximate surface area is 123 Å². The van der Waals surface area contributed by atoms with Gasteiger partial charge in [-0.3, -0.25) is 4.79 Å². The predicted octanol–water partition coefficient (Wildman–Crippen LogP) is 2.45. The molecule has 4 heteroatoms. The van der Waals surface area contributed by atoms with E-state index in [1.165, 1.54) is 0 Å². The molecule has 1 N–H and O–H groups in total. The number of likely N-dealkylation sites (N-methyl/N-ethyl adjacent to an activating group) is 1. The molecule has 1 saturated carbocycles. The first-order valence-corrected chi connectivity index (χ1v) is 7.88. The van der Waals surface area contributed by atoms with Crippen molar-refractivity contribution in [1.29, 1.82) is 0 Å². The first kappa shape index (κ1) is 17.4. The molecule has 0 aromatic carbocycles. The molecule has 1 aliphatic rings. The van der Waals surface area contributed by atoms with Crippen LogP contribution >= 0.6 is 0 Å². The number of nitrogens with zero attached hydrogens (tertiary/aromatic N) is 1. The summed E-state index contributed by atoms with van der Waals surface area (Å²) in [6.07, 6.45) is 2.84. The van der Waals surface area contributed by atoms with Gasteiger partial charge in [0.25, 0.3) is 0 Å². The van der Waals surface area contributed by atoms with Crippen molar-refractivity contribution in [2.45, 2.75) is 65.0 Å². The lowest BCUT2D eigenvalue weighted by atomic mass is 9.78. The number of carbonyl (C=O) groups is 1. The van der Waals surface area contributed by atoms with E-state index in [1.54, 1.807) is 0 Å². The Hall–Kier alpha value is -0.610. The number of ether oxygens (including phenoxy) is 1. The van der Waals surface area contributed by atoms with Gasteiger partial charge in [0.2, 0.25) is 0 Å². The molecule has 0 aromatic rings. The van der Waals surface area contributed by atoms with Gasteiger partial charge in [-0.05, 0) is 52.5 Å². The third-order valence-electron chi connectivity index (χ3n) is 4.74. The Morgan fingerprint density at radius 2 is 1.90 bits per heavy atom. The van der Waals surface area contributed by atoms with Gasteiger partial charge in [0.1, 0.15) is 0 Å². The molecule has 1 atom stereocenters. The van der Waals surface area contributed by atoms with Crippen molar-refractivity contribution in [1.82, 2.24) is 4.90 Å². The quantitative estimate of drug-likeness (QED) is 0.762. The zero-order valence-electron chi connectivity index (χ0n) is 13.7. The Kier molecular flexibility index (Phi) is 6.46. The number of hydrogen-bond donors (Lipinski definition) is 1. The molecule has 0 bridgehead atoms. The molecule has 4 nitrogen and oxygen atoms in total. The summed E-state index contributed by atoms with van der Waals surface area (Å²) in [5.41, 5.74) is -0.652. The molecule has 0 saturated heterocycles. The minimum Gasteiger partial charge on any atom is -0.466 e. The molecule has 0 aromatic heterocycles. The van der Waals surface area contributed by atoms with Crippen molar-refractivity contribution in [2.75, 3.05) is 20.2 Å². The lowest BCUT2D eigenvalue weighted by Crippen LogP contribution is -2.48.